The van der Waals surface area contributed by atoms with Gasteiger partial charge in [-0.3, -0.25) is 9.59 Å². The number of halogens is 2. The molecule has 2 heterocycles. The Morgan fingerprint density at radius 2 is 2.00 bits per heavy atom. The van der Waals surface area contributed by atoms with Crippen LogP contribution in [0.3, 0.4) is 0 Å². The van der Waals surface area contributed by atoms with Gasteiger partial charge < -0.3 is 25.9 Å². The largest absolute Gasteiger partial charge is 0.397 e. The van der Waals surface area contributed by atoms with Crippen molar-refractivity contribution in [1.82, 2.24) is 20.2 Å². The van der Waals surface area contributed by atoms with Crippen LogP contribution in [0.1, 0.15) is 40.0 Å². The molecule has 0 spiro atoms. The number of rotatable bonds is 9. The first-order valence-electron chi connectivity index (χ1n) is 13.3. The van der Waals surface area contributed by atoms with Gasteiger partial charge in [0.05, 0.1) is 35.2 Å². The van der Waals surface area contributed by atoms with Gasteiger partial charge in [0, 0.05) is 17.7 Å². The van der Waals surface area contributed by atoms with Crippen molar-refractivity contribution in [2.45, 2.75) is 32.5 Å². The van der Waals surface area contributed by atoms with Gasteiger partial charge in [-0.05, 0) is 60.9 Å². The number of aliphatic hydroxyl groups is 1. The minimum Gasteiger partial charge on any atom is -0.397 e. The molecule has 1 aromatic heterocycles. The fraction of sp³-hybridized carbons (Fsp3) is 0.200. The molecule has 1 aliphatic heterocycles. The first-order chi connectivity index (χ1) is 20.5. The molecule has 43 heavy (non-hydrogen) atoms. The maximum Gasteiger partial charge on any atom is 0.345 e. The van der Waals surface area contributed by atoms with Crippen molar-refractivity contribution in [3.05, 3.63) is 100.0 Å². The molecular formula is C30H29ClFN7O4. The van der Waals surface area contributed by atoms with Crippen molar-refractivity contribution in [3.8, 4) is 17.3 Å². The highest BCUT2D eigenvalue weighted by atomic mass is 35.5. The summed E-state index contributed by atoms with van der Waals surface area (Å²) in [6.07, 6.45) is 1.35. The van der Waals surface area contributed by atoms with Crippen LogP contribution in [0.2, 0.25) is 5.02 Å². The molecule has 0 radical (unpaired) electrons. The van der Waals surface area contributed by atoms with E-state index < -0.39 is 30.4 Å². The van der Waals surface area contributed by atoms with Crippen molar-refractivity contribution in [2.75, 3.05) is 17.5 Å². The number of aliphatic hydroxyl groups excluding tert-OH is 1. The highest BCUT2D eigenvalue weighted by Crippen LogP contribution is 2.33. The number of anilines is 2. The van der Waals surface area contributed by atoms with Crippen molar-refractivity contribution >= 4 is 34.8 Å². The third kappa shape index (κ3) is 6.21. The maximum atomic E-state index is 13.9. The zero-order valence-corrected chi connectivity index (χ0v) is 24.0. The van der Waals surface area contributed by atoms with Gasteiger partial charge in [-0.2, -0.15) is 4.98 Å². The van der Waals surface area contributed by atoms with Crippen LogP contribution in [0.4, 0.5) is 15.8 Å². The second-order valence-corrected chi connectivity index (χ2v) is 10.5. The van der Waals surface area contributed by atoms with Crippen LogP contribution in [-0.2, 0) is 11.3 Å². The van der Waals surface area contributed by atoms with Crippen LogP contribution in [0.5, 0.6) is 6.01 Å². The van der Waals surface area contributed by atoms with Crippen LogP contribution in [0, 0.1) is 12.7 Å². The molecule has 0 bridgehead atoms. The smallest absolute Gasteiger partial charge is 0.345 e. The molecule has 1 aliphatic rings. The van der Waals surface area contributed by atoms with Crippen LogP contribution in [0.15, 0.2) is 66.9 Å². The molecule has 0 saturated heterocycles. The number of nitrogens with one attached hydrogen (secondary N) is 1. The average Bonchev–Trinajstić information content (AvgIpc) is 3.31. The Balaban J connectivity index is 1.32. The number of para-hydroxylation sites is 2. The predicted molar refractivity (Wildman–Crippen MR) is 159 cm³/mol. The van der Waals surface area contributed by atoms with Crippen molar-refractivity contribution in [1.29, 1.82) is 0 Å². The van der Waals surface area contributed by atoms with Gasteiger partial charge in [0.15, 0.2) is 0 Å². The Kier molecular flexibility index (Phi) is 8.44. The lowest BCUT2D eigenvalue weighted by atomic mass is 10.0. The number of amides is 2. The van der Waals surface area contributed by atoms with Crippen LogP contribution < -0.4 is 26.9 Å². The summed E-state index contributed by atoms with van der Waals surface area (Å²) in [5.41, 5.74) is 9.74. The zero-order chi connectivity index (χ0) is 30.8. The highest BCUT2D eigenvalue weighted by molar-refractivity contribution is 6.32. The van der Waals surface area contributed by atoms with E-state index in [2.05, 4.69) is 15.3 Å². The minimum atomic E-state index is -0.879. The topological polar surface area (TPSA) is 160 Å². The number of nitrogen functional groups attached to an aromatic ring is 1. The standard InChI is InChI=1S/C30H29ClFN7O4/c1-16-9-20(11-21(32)10-16)25(15-40)36-28(41)17(2)38-14-19-8-7-18(12-22(19)29(38)42)27-23(31)13-35-30(37-27)43-39(34)26-6-4-3-5-24(26)33/h3-13,17,25,40H,14-15,33-34H2,1-2H3,(H,36,41). The van der Waals surface area contributed by atoms with Gasteiger partial charge in [-0.15, -0.1) is 5.17 Å². The van der Waals surface area contributed by atoms with E-state index in [1.54, 1.807) is 62.4 Å². The number of hydrazine groups is 1. The van der Waals surface area contributed by atoms with E-state index in [-0.39, 0.29) is 23.5 Å². The quantitative estimate of drug-likeness (QED) is 0.127. The monoisotopic (exact) mass is 605 g/mol. The van der Waals surface area contributed by atoms with E-state index in [4.69, 9.17) is 28.0 Å². The highest BCUT2D eigenvalue weighted by Gasteiger charge is 2.35. The molecular weight excluding hydrogens is 577 g/mol. The maximum absolute atomic E-state index is 13.9. The summed E-state index contributed by atoms with van der Waals surface area (Å²) in [5.74, 6) is 4.68. The Morgan fingerprint density at radius 1 is 1.23 bits per heavy atom. The molecule has 2 unspecified atom stereocenters. The molecule has 2 atom stereocenters. The number of carbonyl (C=O) groups excluding carboxylic acids is 2. The summed E-state index contributed by atoms with van der Waals surface area (Å²) in [7, 11) is 0. The van der Waals surface area contributed by atoms with Gasteiger partial charge in [-0.25, -0.2) is 15.2 Å². The molecule has 3 aromatic carbocycles. The average molecular weight is 606 g/mol. The van der Waals surface area contributed by atoms with Crippen LogP contribution >= 0.6 is 11.6 Å². The third-order valence-corrected chi connectivity index (χ3v) is 7.38. The Bertz CT molecular complexity index is 1690. The summed E-state index contributed by atoms with van der Waals surface area (Å²) in [4.78, 5) is 42.0. The Morgan fingerprint density at radius 3 is 2.72 bits per heavy atom. The van der Waals surface area contributed by atoms with E-state index in [0.717, 1.165) is 5.17 Å². The van der Waals surface area contributed by atoms with E-state index in [1.807, 2.05) is 0 Å². The Labute approximate surface area is 251 Å². The van der Waals surface area contributed by atoms with Crippen molar-refractivity contribution < 1.29 is 23.9 Å². The summed E-state index contributed by atoms with van der Waals surface area (Å²) in [5, 5.41) is 13.8. The number of aromatic nitrogens is 2. The Hall–Kier alpha value is -4.78. The summed E-state index contributed by atoms with van der Waals surface area (Å²) in [6, 6.07) is 14.5. The predicted octanol–water partition coefficient (Wildman–Crippen LogP) is 3.69. The van der Waals surface area contributed by atoms with E-state index in [9.17, 15) is 19.1 Å². The second kappa shape index (κ2) is 12.2. The molecule has 6 N–H and O–H groups in total. The second-order valence-electron chi connectivity index (χ2n) is 10.1. The summed E-state index contributed by atoms with van der Waals surface area (Å²) >= 11 is 6.41. The third-order valence-electron chi connectivity index (χ3n) is 7.10. The lowest BCUT2D eigenvalue weighted by Gasteiger charge is -2.26. The van der Waals surface area contributed by atoms with Gasteiger partial charge in [0.1, 0.15) is 17.5 Å². The number of aryl methyl sites for hydroxylation is 1. The lowest BCUT2D eigenvalue weighted by Crippen LogP contribution is -2.46. The van der Waals surface area contributed by atoms with Gasteiger partial charge in [-0.1, -0.05) is 41.9 Å². The van der Waals surface area contributed by atoms with Gasteiger partial charge in [0.2, 0.25) is 5.91 Å². The first-order valence-corrected chi connectivity index (χ1v) is 13.7. The number of hydrogen-bond donors (Lipinski definition) is 4. The molecule has 11 nitrogen and oxygen atoms in total. The number of nitrogens with zero attached hydrogens (tertiary/aromatic N) is 4. The van der Waals surface area contributed by atoms with Gasteiger partial charge >= 0.3 is 6.01 Å². The van der Waals surface area contributed by atoms with Crippen LogP contribution in [-0.4, -0.2) is 44.4 Å². The number of fused-ring (bicyclic) bond motifs is 1. The summed E-state index contributed by atoms with van der Waals surface area (Å²) < 4.78 is 13.9. The zero-order valence-electron chi connectivity index (χ0n) is 23.3. The SMILES string of the molecule is Cc1cc(F)cc(C(CO)NC(=O)C(C)N2Cc3ccc(-c4nc(ON(N)c5ccccc5N)ncc4Cl)cc3C2=O)c1. The lowest BCUT2D eigenvalue weighted by molar-refractivity contribution is -0.126. The fourth-order valence-corrected chi connectivity index (χ4v) is 5.04. The molecule has 2 amide bonds. The van der Waals surface area contributed by atoms with E-state index >= 15 is 0 Å². The normalized spacial score (nSPS) is 13.8. The molecule has 0 saturated carbocycles. The van der Waals surface area contributed by atoms with Crippen molar-refractivity contribution in [3.63, 3.8) is 0 Å². The number of hydrogen-bond acceptors (Lipinski definition) is 9. The minimum absolute atomic E-state index is 0.101. The number of benzene rings is 3. The molecule has 0 fully saturated rings. The molecule has 222 valence electrons. The molecule has 4 aromatic rings. The number of carbonyl (C=O) groups is 2. The summed E-state index contributed by atoms with van der Waals surface area (Å²) in [6.45, 7) is 3.06. The fourth-order valence-electron chi connectivity index (χ4n) is 4.84. The first kappa shape index (κ1) is 29.7. The molecule has 13 heteroatoms. The van der Waals surface area contributed by atoms with Gasteiger partial charge in [0.25, 0.3) is 5.91 Å². The van der Waals surface area contributed by atoms with Crippen molar-refractivity contribution in [2.24, 2.45) is 5.84 Å². The van der Waals surface area contributed by atoms with Crippen LogP contribution in [0.25, 0.3) is 11.3 Å². The van der Waals surface area contributed by atoms with E-state index in [0.29, 0.717) is 44.9 Å². The number of nitrogens with two attached hydrogens (primary N) is 2. The van der Waals surface area contributed by atoms with E-state index in [1.165, 1.54) is 23.2 Å². The molecule has 0 aliphatic carbocycles. The molecule has 5 rings (SSSR count).